The lowest BCUT2D eigenvalue weighted by molar-refractivity contribution is -0.158. The molecule has 0 saturated heterocycles. The van der Waals surface area contributed by atoms with Crippen LogP contribution in [-0.4, -0.2) is 37.4 Å². The van der Waals surface area contributed by atoms with E-state index < -0.39 is 5.97 Å². The third-order valence-corrected chi connectivity index (χ3v) is 1.32. The van der Waals surface area contributed by atoms with E-state index in [4.69, 9.17) is 0 Å². The third-order valence-electron chi connectivity index (χ3n) is 1.32. The van der Waals surface area contributed by atoms with Crippen LogP contribution >= 0.6 is 0 Å². The lowest BCUT2D eigenvalue weighted by atomic mass is 10.3. The predicted molar refractivity (Wildman–Crippen MR) is 38.4 cm³/mol. The lowest BCUT2D eigenvalue weighted by Crippen LogP contribution is -2.36. The molecule has 0 heterocycles. The summed E-state index contributed by atoms with van der Waals surface area (Å²) in [6.45, 7) is 1.68. The zero-order valence-electron chi connectivity index (χ0n) is 6.83. The van der Waals surface area contributed by atoms with Gasteiger partial charge in [-0.25, -0.2) is 4.79 Å². The van der Waals surface area contributed by atoms with Crippen LogP contribution in [0.3, 0.4) is 0 Å². The number of nitrogens with zero attached hydrogens (tertiary/aromatic N) is 1. The molecule has 0 saturated carbocycles. The Morgan fingerprint density at radius 1 is 1.64 bits per heavy atom. The maximum atomic E-state index is 10.9. The molecule has 0 aliphatic heterocycles. The largest absolute Gasteiger partial charge is 0.348 e. The van der Waals surface area contributed by atoms with Crippen molar-refractivity contribution >= 4 is 12.4 Å². The number of likely N-dealkylation sites (N-methyl/N-ethyl adjacent to an activating group) is 1. The summed E-state index contributed by atoms with van der Waals surface area (Å²) in [6, 6.07) is -0.359. The van der Waals surface area contributed by atoms with E-state index in [1.807, 2.05) is 5.48 Å². The van der Waals surface area contributed by atoms with Crippen LogP contribution in [0.15, 0.2) is 0 Å². The molecule has 0 aromatic heterocycles. The topological polar surface area (TPSA) is 58.6 Å². The fourth-order valence-corrected chi connectivity index (χ4v) is 0.378. The van der Waals surface area contributed by atoms with Crippen molar-refractivity contribution in [2.75, 3.05) is 14.1 Å². The summed E-state index contributed by atoms with van der Waals surface area (Å²) < 4.78 is 0. The van der Waals surface area contributed by atoms with Crippen LogP contribution in [0, 0.1) is 0 Å². The summed E-state index contributed by atoms with van der Waals surface area (Å²) in [5.74, 6) is -0.484. The normalized spacial score (nSPS) is 12.4. The van der Waals surface area contributed by atoms with Gasteiger partial charge in [0.25, 0.3) is 0 Å². The van der Waals surface area contributed by atoms with Gasteiger partial charge in [0.15, 0.2) is 0 Å². The van der Waals surface area contributed by atoms with Gasteiger partial charge in [-0.2, -0.15) is 5.48 Å². The van der Waals surface area contributed by atoms with Gasteiger partial charge in [-0.15, -0.1) is 0 Å². The summed E-state index contributed by atoms with van der Waals surface area (Å²) in [7, 11) is 3.49. The zero-order chi connectivity index (χ0) is 8.85. The second-order valence-corrected chi connectivity index (χ2v) is 2.30. The van der Waals surface area contributed by atoms with Gasteiger partial charge in [0.2, 0.25) is 6.41 Å². The molecule has 0 aromatic rings. The average molecular weight is 160 g/mol. The first-order chi connectivity index (χ1) is 5.09. The second kappa shape index (κ2) is 4.68. The van der Waals surface area contributed by atoms with Crippen LogP contribution in [0.1, 0.15) is 6.92 Å². The Morgan fingerprint density at radius 2 is 2.18 bits per heavy atom. The lowest BCUT2D eigenvalue weighted by Gasteiger charge is -2.16. The van der Waals surface area contributed by atoms with E-state index >= 15 is 0 Å². The molecule has 1 atom stereocenters. The summed E-state index contributed by atoms with van der Waals surface area (Å²) >= 11 is 0. The van der Waals surface area contributed by atoms with Gasteiger partial charge in [0.1, 0.15) is 6.04 Å². The van der Waals surface area contributed by atoms with Gasteiger partial charge < -0.3 is 4.84 Å². The molecule has 0 aliphatic carbocycles. The summed E-state index contributed by atoms with van der Waals surface area (Å²) in [5, 5.41) is 0. The Labute approximate surface area is 65.3 Å². The van der Waals surface area contributed by atoms with Crippen molar-refractivity contribution in [3.8, 4) is 0 Å². The molecule has 1 unspecified atom stereocenters. The van der Waals surface area contributed by atoms with Crippen LogP contribution in [0.25, 0.3) is 0 Å². The maximum absolute atomic E-state index is 10.9. The molecule has 64 valence electrons. The third kappa shape index (κ3) is 3.57. The van der Waals surface area contributed by atoms with E-state index in [2.05, 4.69) is 4.84 Å². The highest BCUT2D eigenvalue weighted by atomic mass is 16.7. The van der Waals surface area contributed by atoms with Gasteiger partial charge in [-0.3, -0.25) is 9.69 Å². The number of carbonyl (C=O) groups is 2. The van der Waals surface area contributed by atoms with Crippen LogP contribution in [-0.2, 0) is 14.4 Å². The molecule has 0 spiro atoms. The molecule has 1 amide bonds. The zero-order valence-corrected chi connectivity index (χ0v) is 6.83. The van der Waals surface area contributed by atoms with Crippen molar-refractivity contribution < 1.29 is 14.4 Å². The number of carbonyl (C=O) groups excluding carboxylic acids is 2. The first-order valence-corrected chi connectivity index (χ1v) is 3.16. The van der Waals surface area contributed by atoms with Crippen LogP contribution in [0.2, 0.25) is 0 Å². The monoisotopic (exact) mass is 160 g/mol. The van der Waals surface area contributed by atoms with E-state index in [-0.39, 0.29) is 6.04 Å². The first kappa shape index (κ1) is 9.90. The standard InChI is InChI=1S/C6H12N2O3/c1-5(8(2)3)6(10)11-7-4-9/h4-5H,1-3H3,(H,7,9). The van der Waals surface area contributed by atoms with Crippen LogP contribution in [0.5, 0.6) is 0 Å². The number of hydrogen-bond acceptors (Lipinski definition) is 4. The van der Waals surface area contributed by atoms with E-state index in [1.54, 1.807) is 25.9 Å². The molecule has 5 heteroatoms. The molecule has 0 radical (unpaired) electrons. The van der Waals surface area contributed by atoms with Crippen molar-refractivity contribution in [2.45, 2.75) is 13.0 Å². The highest BCUT2D eigenvalue weighted by Gasteiger charge is 2.16. The summed E-state index contributed by atoms with van der Waals surface area (Å²) in [4.78, 5) is 26.5. The minimum Gasteiger partial charge on any atom is -0.339 e. The van der Waals surface area contributed by atoms with Crippen LogP contribution < -0.4 is 5.48 Å². The quantitative estimate of drug-likeness (QED) is 0.429. The fourth-order valence-electron chi connectivity index (χ4n) is 0.378. The Balaban J connectivity index is 3.73. The molecule has 1 N–H and O–H groups in total. The molecule has 11 heavy (non-hydrogen) atoms. The van der Waals surface area contributed by atoms with E-state index in [9.17, 15) is 9.59 Å². The summed E-state index contributed by atoms with van der Waals surface area (Å²) in [5.41, 5.74) is 1.83. The molecule has 0 bridgehead atoms. The minimum absolute atomic E-state index is 0.306. The van der Waals surface area contributed by atoms with Crippen molar-refractivity contribution in [3.05, 3.63) is 0 Å². The van der Waals surface area contributed by atoms with Gasteiger partial charge in [-0.1, -0.05) is 0 Å². The predicted octanol–water partition coefficient (Wildman–Crippen LogP) is -0.859. The van der Waals surface area contributed by atoms with Gasteiger partial charge in [0, 0.05) is 0 Å². The Morgan fingerprint density at radius 3 is 2.55 bits per heavy atom. The van der Waals surface area contributed by atoms with Gasteiger partial charge in [0.05, 0.1) is 0 Å². The highest BCUT2D eigenvalue weighted by Crippen LogP contribution is 1.92. The number of amides is 1. The second-order valence-electron chi connectivity index (χ2n) is 2.30. The van der Waals surface area contributed by atoms with Crippen molar-refractivity contribution in [3.63, 3.8) is 0 Å². The number of hydrogen-bond donors (Lipinski definition) is 1. The fraction of sp³-hybridized carbons (Fsp3) is 0.667. The molecule has 0 aliphatic rings. The molecule has 0 rings (SSSR count). The smallest absolute Gasteiger partial charge is 0.339 e. The minimum atomic E-state index is -0.484. The molecule has 0 fully saturated rings. The van der Waals surface area contributed by atoms with E-state index in [1.165, 1.54) is 0 Å². The Kier molecular flexibility index (Phi) is 4.21. The Bertz CT molecular complexity index is 147. The number of nitrogens with one attached hydrogen (secondary N) is 1. The average Bonchev–Trinajstić information content (AvgIpc) is 1.98. The number of hydroxylamine groups is 1. The first-order valence-electron chi connectivity index (χ1n) is 3.16. The van der Waals surface area contributed by atoms with Crippen molar-refractivity contribution in [1.29, 1.82) is 0 Å². The molecular formula is C6H12N2O3. The van der Waals surface area contributed by atoms with Crippen LogP contribution in [0.4, 0.5) is 0 Å². The molecular weight excluding hydrogens is 148 g/mol. The van der Waals surface area contributed by atoms with Crippen molar-refractivity contribution in [1.82, 2.24) is 10.4 Å². The summed E-state index contributed by atoms with van der Waals surface area (Å²) in [6.07, 6.45) is 0.306. The molecule has 0 aromatic carbocycles. The van der Waals surface area contributed by atoms with E-state index in [0.29, 0.717) is 6.41 Å². The van der Waals surface area contributed by atoms with Gasteiger partial charge in [-0.05, 0) is 21.0 Å². The SMILES string of the molecule is CC(C(=O)ONC=O)N(C)C. The molecule has 5 nitrogen and oxygen atoms in total. The van der Waals surface area contributed by atoms with E-state index in [0.717, 1.165) is 0 Å². The van der Waals surface area contributed by atoms with Gasteiger partial charge >= 0.3 is 5.97 Å². The highest BCUT2D eigenvalue weighted by molar-refractivity contribution is 5.75. The maximum Gasteiger partial charge on any atom is 0.348 e. The Hall–Kier alpha value is -1.10. The van der Waals surface area contributed by atoms with Crippen molar-refractivity contribution in [2.24, 2.45) is 0 Å². The number of rotatable bonds is 4.